The molecule has 8 nitrogen and oxygen atoms in total. The molecule has 0 aliphatic carbocycles. The molecule has 1 aliphatic heterocycles. The second kappa shape index (κ2) is 9.28. The summed E-state index contributed by atoms with van der Waals surface area (Å²) in [5.41, 5.74) is 0.887. The molecule has 0 saturated heterocycles. The molecule has 0 spiro atoms. The number of hydrogen-bond donors (Lipinski definition) is 1. The first-order chi connectivity index (χ1) is 14.1. The average Bonchev–Trinajstić information content (AvgIpc) is 3.19. The Balaban J connectivity index is 1.55. The van der Waals surface area contributed by atoms with E-state index in [0.29, 0.717) is 35.1 Å². The van der Waals surface area contributed by atoms with Crippen molar-refractivity contribution in [3.63, 3.8) is 0 Å². The SMILES string of the molecule is CCOc1ccc(/C=C(\C#N)C(=O)OCC(=O)Nc2ccc3c(c2)OCO3)cc1. The van der Waals surface area contributed by atoms with E-state index in [0.717, 1.165) is 0 Å². The molecule has 2 aromatic rings. The second-order valence-corrected chi connectivity index (χ2v) is 5.86. The molecule has 0 atom stereocenters. The molecule has 3 rings (SSSR count). The van der Waals surface area contributed by atoms with Gasteiger partial charge in [-0.3, -0.25) is 4.79 Å². The van der Waals surface area contributed by atoms with Crippen molar-refractivity contribution in [2.75, 3.05) is 25.3 Å². The highest BCUT2D eigenvalue weighted by Crippen LogP contribution is 2.34. The highest BCUT2D eigenvalue weighted by atomic mass is 16.7. The minimum absolute atomic E-state index is 0.127. The maximum Gasteiger partial charge on any atom is 0.349 e. The number of nitrogens with one attached hydrogen (secondary N) is 1. The first kappa shape index (κ1) is 19.8. The molecule has 29 heavy (non-hydrogen) atoms. The number of carbonyl (C=O) groups is 2. The molecule has 0 unspecified atom stereocenters. The number of amides is 1. The van der Waals surface area contributed by atoms with Gasteiger partial charge in [0.15, 0.2) is 18.1 Å². The van der Waals surface area contributed by atoms with Gasteiger partial charge in [0, 0.05) is 11.8 Å². The van der Waals surface area contributed by atoms with E-state index in [2.05, 4.69) is 5.32 Å². The summed E-state index contributed by atoms with van der Waals surface area (Å²) < 4.78 is 20.7. The Kier molecular flexibility index (Phi) is 6.32. The van der Waals surface area contributed by atoms with E-state index in [1.54, 1.807) is 48.5 Å². The molecule has 0 fully saturated rings. The lowest BCUT2D eigenvalue weighted by molar-refractivity contribution is -0.142. The second-order valence-electron chi connectivity index (χ2n) is 5.86. The van der Waals surface area contributed by atoms with E-state index < -0.39 is 18.5 Å². The van der Waals surface area contributed by atoms with Gasteiger partial charge in [-0.2, -0.15) is 5.26 Å². The van der Waals surface area contributed by atoms with Crippen molar-refractivity contribution in [2.24, 2.45) is 0 Å². The van der Waals surface area contributed by atoms with E-state index in [1.807, 2.05) is 6.92 Å². The molecule has 1 N–H and O–H groups in total. The Hall–Kier alpha value is -3.99. The predicted molar refractivity (Wildman–Crippen MR) is 103 cm³/mol. The van der Waals surface area contributed by atoms with Crippen LogP contribution >= 0.6 is 0 Å². The maximum absolute atomic E-state index is 12.1. The molecule has 1 amide bonds. The monoisotopic (exact) mass is 394 g/mol. The minimum Gasteiger partial charge on any atom is -0.494 e. The van der Waals surface area contributed by atoms with Crippen molar-refractivity contribution >= 4 is 23.6 Å². The molecule has 8 heteroatoms. The third-order valence-electron chi connectivity index (χ3n) is 3.83. The van der Waals surface area contributed by atoms with E-state index in [4.69, 9.17) is 18.9 Å². The lowest BCUT2D eigenvalue weighted by Crippen LogP contribution is -2.21. The van der Waals surface area contributed by atoms with E-state index in [1.165, 1.54) is 6.08 Å². The summed E-state index contributed by atoms with van der Waals surface area (Å²) in [7, 11) is 0. The molecular formula is C21H18N2O6. The van der Waals surface area contributed by atoms with Gasteiger partial charge in [0.05, 0.1) is 6.61 Å². The van der Waals surface area contributed by atoms with Crippen LogP contribution in [0.25, 0.3) is 6.08 Å². The number of esters is 1. The number of ether oxygens (including phenoxy) is 4. The number of carbonyl (C=O) groups excluding carboxylic acids is 2. The van der Waals surface area contributed by atoms with Gasteiger partial charge < -0.3 is 24.3 Å². The van der Waals surface area contributed by atoms with Gasteiger partial charge >= 0.3 is 5.97 Å². The van der Waals surface area contributed by atoms with Crippen LogP contribution in [0.2, 0.25) is 0 Å². The van der Waals surface area contributed by atoms with Crippen LogP contribution in [-0.2, 0) is 14.3 Å². The van der Waals surface area contributed by atoms with Crippen molar-refractivity contribution < 1.29 is 28.5 Å². The van der Waals surface area contributed by atoms with Crippen molar-refractivity contribution in [2.45, 2.75) is 6.92 Å². The van der Waals surface area contributed by atoms with Crippen LogP contribution in [0.1, 0.15) is 12.5 Å². The largest absolute Gasteiger partial charge is 0.494 e. The number of nitriles is 1. The topological polar surface area (TPSA) is 107 Å². The summed E-state index contributed by atoms with van der Waals surface area (Å²) in [5, 5.41) is 11.8. The van der Waals surface area contributed by atoms with Crippen LogP contribution in [0, 0.1) is 11.3 Å². The van der Waals surface area contributed by atoms with Gasteiger partial charge in [-0.1, -0.05) is 12.1 Å². The molecule has 0 saturated carbocycles. The van der Waals surface area contributed by atoms with Crippen LogP contribution < -0.4 is 19.5 Å². The number of nitrogens with zero attached hydrogens (tertiary/aromatic N) is 1. The zero-order valence-corrected chi connectivity index (χ0v) is 15.6. The molecule has 0 radical (unpaired) electrons. The number of fused-ring (bicyclic) bond motifs is 1. The first-order valence-corrected chi connectivity index (χ1v) is 8.80. The Morgan fingerprint density at radius 3 is 2.66 bits per heavy atom. The third kappa shape index (κ3) is 5.26. The van der Waals surface area contributed by atoms with Gasteiger partial charge in [-0.25, -0.2) is 4.79 Å². The highest BCUT2D eigenvalue weighted by Gasteiger charge is 2.16. The Morgan fingerprint density at radius 2 is 1.93 bits per heavy atom. The fourth-order valence-electron chi connectivity index (χ4n) is 2.51. The van der Waals surface area contributed by atoms with Crippen molar-refractivity contribution in [1.82, 2.24) is 0 Å². The molecular weight excluding hydrogens is 376 g/mol. The Labute approximate surface area is 167 Å². The summed E-state index contributed by atoms with van der Waals surface area (Å²) in [5.74, 6) is 0.362. The molecule has 2 aromatic carbocycles. The van der Waals surface area contributed by atoms with Gasteiger partial charge in [-0.15, -0.1) is 0 Å². The summed E-state index contributed by atoms with van der Waals surface area (Å²) >= 11 is 0. The van der Waals surface area contributed by atoms with Gasteiger partial charge in [-0.05, 0) is 42.8 Å². The zero-order valence-electron chi connectivity index (χ0n) is 15.6. The fourth-order valence-corrected chi connectivity index (χ4v) is 2.51. The average molecular weight is 394 g/mol. The van der Waals surface area contributed by atoms with Crippen LogP contribution in [0.5, 0.6) is 17.2 Å². The quantitative estimate of drug-likeness (QED) is 0.437. The molecule has 0 bridgehead atoms. The third-order valence-corrected chi connectivity index (χ3v) is 3.83. The number of benzene rings is 2. The van der Waals surface area contributed by atoms with Gasteiger partial charge in [0.2, 0.25) is 6.79 Å². The van der Waals surface area contributed by atoms with Crippen molar-refractivity contribution in [3.8, 4) is 23.3 Å². The molecule has 148 valence electrons. The zero-order chi connectivity index (χ0) is 20.6. The lowest BCUT2D eigenvalue weighted by atomic mass is 10.1. The maximum atomic E-state index is 12.1. The summed E-state index contributed by atoms with van der Waals surface area (Å²) in [6.45, 7) is 2.01. The number of rotatable bonds is 7. The normalized spacial score (nSPS) is 12.1. The van der Waals surface area contributed by atoms with Crippen molar-refractivity contribution in [3.05, 3.63) is 53.6 Å². The summed E-state index contributed by atoms with van der Waals surface area (Å²) in [6, 6.07) is 13.6. The van der Waals surface area contributed by atoms with E-state index >= 15 is 0 Å². The van der Waals surface area contributed by atoms with Gasteiger partial charge in [0.1, 0.15) is 17.4 Å². The number of hydrogen-bond acceptors (Lipinski definition) is 7. The smallest absolute Gasteiger partial charge is 0.349 e. The van der Waals surface area contributed by atoms with Crippen LogP contribution in [0.4, 0.5) is 5.69 Å². The van der Waals surface area contributed by atoms with Crippen LogP contribution in [-0.4, -0.2) is 31.9 Å². The Bertz CT molecular complexity index is 976. The van der Waals surface area contributed by atoms with E-state index in [-0.39, 0.29) is 12.4 Å². The molecule has 1 heterocycles. The summed E-state index contributed by atoms with van der Waals surface area (Å²) in [4.78, 5) is 24.1. The van der Waals surface area contributed by atoms with E-state index in [9.17, 15) is 14.9 Å². The minimum atomic E-state index is -0.887. The highest BCUT2D eigenvalue weighted by molar-refractivity contribution is 6.00. The standard InChI is InChI=1S/C21H18N2O6/c1-2-26-17-6-3-14(4-7-17)9-15(11-22)21(25)27-12-20(24)23-16-5-8-18-19(10-16)29-13-28-18/h3-10H,2,12-13H2,1H3,(H,23,24)/b15-9+. The fraction of sp³-hybridized carbons (Fsp3) is 0.190. The molecule has 1 aliphatic rings. The Morgan fingerprint density at radius 1 is 1.17 bits per heavy atom. The van der Waals surface area contributed by atoms with Crippen molar-refractivity contribution in [1.29, 1.82) is 5.26 Å². The number of anilines is 1. The van der Waals surface area contributed by atoms with Crippen LogP contribution in [0.3, 0.4) is 0 Å². The van der Waals surface area contributed by atoms with Gasteiger partial charge in [0.25, 0.3) is 5.91 Å². The first-order valence-electron chi connectivity index (χ1n) is 8.80. The predicted octanol–water partition coefficient (Wildman–Crippen LogP) is 2.90. The van der Waals surface area contributed by atoms with Crippen LogP contribution in [0.15, 0.2) is 48.0 Å². The summed E-state index contributed by atoms with van der Waals surface area (Å²) in [6.07, 6.45) is 1.38. The molecule has 0 aromatic heterocycles. The lowest BCUT2D eigenvalue weighted by Gasteiger charge is -2.07.